The van der Waals surface area contributed by atoms with Crippen LogP contribution in [0.2, 0.25) is 0 Å². The number of rotatable bonds is 13. The lowest BCUT2D eigenvalue weighted by atomic mass is 9.74. The Labute approximate surface area is 160 Å². The van der Waals surface area contributed by atoms with E-state index in [2.05, 4.69) is 49.6 Å². The van der Waals surface area contributed by atoms with E-state index < -0.39 is 5.41 Å². The number of carbonyl (C=O) groups excluding carboxylic acids is 1. The highest BCUT2D eigenvalue weighted by Crippen LogP contribution is 2.34. The Balaban J connectivity index is 3.20. The van der Waals surface area contributed by atoms with Gasteiger partial charge in [0.15, 0.2) is 0 Å². The third-order valence-electron chi connectivity index (χ3n) is 5.49. The molecule has 0 unspecified atom stereocenters. The van der Waals surface area contributed by atoms with Crippen molar-refractivity contribution in [3.63, 3.8) is 0 Å². The monoisotopic (exact) mass is 362 g/mol. The van der Waals surface area contributed by atoms with Gasteiger partial charge in [-0.25, -0.2) is 0 Å². The lowest BCUT2D eigenvalue weighted by Gasteiger charge is -2.35. The zero-order chi connectivity index (χ0) is 19.4. The molecule has 0 N–H and O–H groups in total. The Morgan fingerprint density at radius 1 is 0.846 bits per heavy atom. The number of hydrogen-bond donors (Lipinski definition) is 0. The molecule has 26 heavy (non-hydrogen) atoms. The molecule has 0 saturated heterocycles. The summed E-state index contributed by atoms with van der Waals surface area (Å²) < 4.78 is 5.58. The van der Waals surface area contributed by atoms with Crippen molar-refractivity contribution in [2.75, 3.05) is 45.9 Å². The van der Waals surface area contributed by atoms with Crippen molar-refractivity contribution in [2.45, 2.75) is 52.9 Å². The Morgan fingerprint density at radius 2 is 1.31 bits per heavy atom. The SMILES string of the molecule is CCOC(=O)C(CCN(CC)CC)(CCN(CC)CC)c1ccccc1. The fourth-order valence-corrected chi connectivity index (χ4v) is 3.54. The molecule has 1 aromatic rings. The van der Waals surface area contributed by atoms with E-state index in [0.717, 1.165) is 57.7 Å². The number of esters is 1. The predicted octanol–water partition coefficient (Wildman–Crippen LogP) is 3.95. The lowest BCUT2D eigenvalue weighted by molar-refractivity contribution is -0.151. The summed E-state index contributed by atoms with van der Waals surface area (Å²) in [5, 5.41) is 0. The van der Waals surface area contributed by atoms with Crippen LogP contribution in [0.4, 0.5) is 0 Å². The molecule has 0 radical (unpaired) electrons. The highest BCUT2D eigenvalue weighted by atomic mass is 16.5. The minimum absolute atomic E-state index is 0.0782. The molecule has 0 saturated carbocycles. The summed E-state index contributed by atoms with van der Waals surface area (Å²) in [6.45, 7) is 16.8. The first-order valence-electron chi connectivity index (χ1n) is 10.2. The normalized spacial score (nSPS) is 12.0. The van der Waals surface area contributed by atoms with Gasteiger partial charge in [-0.3, -0.25) is 4.79 Å². The van der Waals surface area contributed by atoms with Gasteiger partial charge in [0.1, 0.15) is 0 Å². The minimum atomic E-state index is -0.581. The molecular weight excluding hydrogens is 324 g/mol. The van der Waals surface area contributed by atoms with Crippen LogP contribution in [0.1, 0.15) is 53.0 Å². The van der Waals surface area contributed by atoms with Gasteiger partial charge in [-0.05, 0) is 64.6 Å². The van der Waals surface area contributed by atoms with E-state index >= 15 is 0 Å². The maximum absolute atomic E-state index is 13.2. The molecule has 0 aliphatic carbocycles. The fourth-order valence-electron chi connectivity index (χ4n) is 3.54. The van der Waals surface area contributed by atoms with Crippen molar-refractivity contribution in [1.29, 1.82) is 0 Å². The maximum Gasteiger partial charge on any atom is 0.316 e. The Bertz CT molecular complexity index is 480. The van der Waals surface area contributed by atoms with Crippen LogP contribution in [-0.2, 0) is 14.9 Å². The van der Waals surface area contributed by atoms with Gasteiger partial charge in [0, 0.05) is 0 Å². The Morgan fingerprint density at radius 3 is 1.69 bits per heavy atom. The first-order chi connectivity index (χ1) is 12.6. The van der Waals surface area contributed by atoms with Crippen LogP contribution in [0.3, 0.4) is 0 Å². The molecule has 0 aromatic heterocycles. The minimum Gasteiger partial charge on any atom is -0.465 e. The molecule has 0 amide bonds. The van der Waals surface area contributed by atoms with Gasteiger partial charge in [-0.1, -0.05) is 58.0 Å². The summed E-state index contributed by atoms with van der Waals surface area (Å²) in [6.07, 6.45) is 1.58. The molecule has 0 aliphatic heterocycles. The summed E-state index contributed by atoms with van der Waals surface area (Å²) in [6, 6.07) is 10.2. The first-order valence-corrected chi connectivity index (χ1v) is 10.2. The fraction of sp³-hybridized carbons (Fsp3) is 0.682. The summed E-state index contributed by atoms with van der Waals surface area (Å²) in [5.41, 5.74) is 0.500. The molecule has 1 rings (SSSR count). The first kappa shape index (κ1) is 22.7. The third-order valence-corrected chi connectivity index (χ3v) is 5.49. The number of nitrogens with zero attached hydrogens (tertiary/aromatic N) is 2. The second-order valence-corrected chi connectivity index (χ2v) is 6.72. The van der Waals surface area contributed by atoms with Gasteiger partial charge in [-0.15, -0.1) is 0 Å². The largest absolute Gasteiger partial charge is 0.465 e. The molecule has 1 aromatic carbocycles. The molecular formula is C22H38N2O2. The van der Waals surface area contributed by atoms with Crippen molar-refractivity contribution in [3.05, 3.63) is 35.9 Å². The standard InChI is InChI=1S/C22H38N2O2/c1-6-23(7-2)18-16-22(21(25)26-10-5,17-19-24(8-3)9-4)20-14-12-11-13-15-20/h11-15H,6-10,16-19H2,1-5H3. The van der Waals surface area contributed by atoms with Gasteiger partial charge in [0.05, 0.1) is 12.0 Å². The second kappa shape index (κ2) is 12.1. The Hall–Kier alpha value is -1.39. The van der Waals surface area contributed by atoms with Crippen LogP contribution >= 0.6 is 0 Å². The molecule has 0 spiro atoms. The maximum atomic E-state index is 13.2. The molecule has 0 aliphatic rings. The number of carbonyl (C=O) groups is 1. The molecule has 0 fully saturated rings. The average molecular weight is 363 g/mol. The molecule has 0 heterocycles. The van der Waals surface area contributed by atoms with Crippen LogP contribution in [-0.4, -0.2) is 61.6 Å². The second-order valence-electron chi connectivity index (χ2n) is 6.72. The van der Waals surface area contributed by atoms with Crippen molar-refractivity contribution >= 4 is 5.97 Å². The van der Waals surface area contributed by atoms with E-state index in [4.69, 9.17) is 4.74 Å². The van der Waals surface area contributed by atoms with E-state index in [-0.39, 0.29) is 5.97 Å². The van der Waals surface area contributed by atoms with Gasteiger partial charge in [0.25, 0.3) is 0 Å². The Kier molecular flexibility index (Phi) is 10.5. The topological polar surface area (TPSA) is 32.8 Å². The van der Waals surface area contributed by atoms with Gasteiger partial charge >= 0.3 is 5.97 Å². The predicted molar refractivity (Wildman–Crippen MR) is 110 cm³/mol. The van der Waals surface area contributed by atoms with E-state index in [9.17, 15) is 4.79 Å². The smallest absolute Gasteiger partial charge is 0.316 e. The highest BCUT2D eigenvalue weighted by Gasteiger charge is 2.41. The van der Waals surface area contributed by atoms with E-state index in [1.807, 2.05) is 25.1 Å². The number of ether oxygens (including phenoxy) is 1. The molecule has 0 bridgehead atoms. The van der Waals surface area contributed by atoms with E-state index in [1.54, 1.807) is 0 Å². The quantitative estimate of drug-likeness (QED) is 0.497. The zero-order valence-electron chi connectivity index (χ0n) is 17.5. The van der Waals surface area contributed by atoms with Crippen LogP contribution in [0.5, 0.6) is 0 Å². The average Bonchev–Trinajstić information content (AvgIpc) is 2.68. The van der Waals surface area contributed by atoms with Gasteiger partial charge in [-0.2, -0.15) is 0 Å². The summed E-state index contributed by atoms with van der Waals surface area (Å²) in [5.74, 6) is -0.0782. The van der Waals surface area contributed by atoms with Gasteiger partial charge < -0.3 is 14.5 Å². The van der Waals surface area contributed by atoms with Crippen molar-refractivity contribution in [2.24, 2.45) is 0 Å². The molecule has 0 atom stereocenters. The summed E-state index contributed by atoms with van der Waals surface area (Å²) >= 11 is 0. The van der Waals surface area contributed by atoms with Crippen molar-refractivity contribution in [3.8, 4) is 0 Å². The van der Waals surface area contributed by atoms with E-state index in [0.29, 0.717) is 6.61 Å². The highest BCUT2D eigenvalue weighted by molar-refractivity contribution is 5.83. The summed E-state index contributed by atoms with van der Waals surface area (Å²) in [4.78, 5) is 18.0. The van der Waals surface area contributed by atoms with Crippen molar-refractivity contribution in [1.82, 2.24) is 9.80 Å². The van der Waals surface area contributed by atoms with Crippen LogP contribution < -0.4 is 0 Å². The van der Waals surface area contributed by atoms with Crippen molar-refractivity contribution < 1.29 is 9.53 Å². The number of benzene rings is 1. The third kappa shape index (κ3) is 6.10. The van der Waals surface area contributed by atoms with E-state index in [1.165, 1.54) is 0 Å². The van der Waals surface area contributed by atoms with Gasteiger partial charge in [0.2, 0.25) is 0 Å². The van der Waals surface area contributed by atoms with Crippen LogP contribution in [0, 0.1) is 0 Å². The van der Waals surface area contributed by atoms with Crippen LogP contribution in [0.25, 0.3) is 0 Å². The number of hydrogen-bond acceptors (Lipinski definition) is 4. The van der Waals surface area contributed by atoms with Crippen LogP contribution in [0.15, 0.2) is 30.3 Å². The zero-order valence-corrected chi connectivity index (χ0v) is 17.5. The summed E-state index contributed by atoms with van der Waals surface area (Å²) in [7, 11) is 0. The molecule has 148 valence electrons. The molecule has 4 heteroatoms. The lowest BCUT2D eigenvalue weighted by Crippen LogP contribution is -2.43. The molecule has 4 nitrogen and oxygen atoms in total.